The molecule has 8 heteroatoms. The third-order valence-electron chi connectivity index (χ3n) is 5.80. The fourth-order valence-electron chi connectivity index (χ4n) is 4.28. The van der Waals surface area contributed by atoms with Crippen molar-refractivity contribution in [3.8, 4) is 0 Å². The van der Waals surface area contributed by atoms with Gasteiger partial charge in [-0.1, -0.05) is 12.8 Å². The van der Waals surface area contributed by atoms with Crippen LogP contribution in [0.25, 0.3) is 0 Å². The zero-order chi connectivity index (χ0) is 19.1. The molecule has 2 heterocycles. The van der Waals surface area contributed by atoms with Gasteiger partial charge in [0.25, 0.3) is 5.91 Å². The number of aliphatic hydroxyl groups is 2. The number of amides is 1. The Morgan fingerprint density at radius 1 is 1.11 bits per heavy atom. The van der Waals surface area contributed by atoms with E-state index in [0.29, 0.717) is 18.9 Å². The third kappa shape index (κ3) is 4.94. The molecular weight excluding hydrogens is 346 g/mol. The van der Waals surface area contributed by atoms with Crippen molar-refractivity contribution in [3.63, 3.8) is 0 Å². The molecule has 3 rings (SSSR count). The number of nitrogens with one attached hydrogen (secondary N) is 2. The third-order valence-corrected chi connectivity index (χ3v) is 5.80. The Kier molecular flexibility index (Phi) is 6.98. The predicted octanol–water partition coefficient (Wildman–Crippen LogP) is 0.730. The van der Waals surface area contributed by atoms with Gasteiger partial charge in [-0.25, -0.2) is 9.97 Å². The maximum absolute atomic E-state index is 12.5. The minimum atomic E-state index is -0.951. The second-order valence-electron chi connectivity index (χ2n) is 7.64. The molecule has 150 valence electrons. The molecule has 0 radical (unpaired) electrons. The van der Waals surface area contributed by atoms with Gasteiger partial charge in [0, 0.05) is 43.9 Å². The minimum Gasteiger partial charge on any atom is -0.383 e. The van der Waals surface area contributed by atoms with Crippen molar-refractivity contribution in [2.75, 3.05) is 31.5 Å². The highest BCUT2D eigenvalue weighted by Crippen LogP contribution is 2.48. The molecular formula is C19H31N5O3. The van der Waals surface area contributed by atoms with Crippen LogP contribution < -0.4 is 10.6 Å². The van der Waals surface area contributed by atoms with E-state index in [0.717, 1.165) is 58.2 Å². The van der Waals surface area contributed by atoms with E-state index in [-0.39, 0.29) is 11.3 Å². The van der Waals surface area contributed by atoms with Gasteiger partial charge < -0.3 is 25.7 Å². The summed E-state index contributed by atoms with van der Waals surface area (Å²) in [6, 6.07) is 1.78. The normalized spacial score (nSPS) is 24.5. The fraction of sp³-hybridized carbons (Fsp3) is 0.737. The number of aliphatic hydroxyl groups excluding tert-OH is 2. The Labute approximate surface area is 160 Å². The summed E-state index contributed by atoms with van der Waals surface area (Å²) in [5, 5.41) is 27.4. The van der Waals surface area contributed by atoms with Crippen LogP contribution in [-0.4, -0.2) is 69.5 Å². The zero-order valence-corrected chi connectivity index (χ0v) is 15.8. The standard InChI is InChI=1S/C19H31N5O3/c25-15-14-19(6-1-2-7-19)16(26)17(27)24(15)13-4-3-8-20-11-12-23-18-21-9-5-10-22-18/h5,9-10,15-16,20,25-26H,1-4,6-8,11-14H2,(H,21,22,23). The van der Waals surface area contributed by atoms with Gasteiger partial charge in [-0.2, -0.15) is 0 Å². The number of aromatic nitrogens is 2. The van der Waals surface area contributed by atoms with E-state index in [1.807, 2.05) is 0 Å². The first-order chi connectivity index (χ1) is 13.1. The van der Waals surface area contributed by atoms with Crippen molar-refractivity contribution in [2.45, 2.75) is 57.3 Å². The van der Waals surface area contributed by atoms with Gasteiger partial charge in [-0.15, -0.1) is 0 Å². The van der Waals surface area contributed by atoms with E-state index in [2.05, 4.69) is 20.6 Å². The maximum Gasteiger partial charge on any atom is 0.254 e. The van der Waals surface area contributed by atoms with Gasteiger partial charge in [0.2, 0.25) is 5.95 Å². The molecule has 1 aromatic rings. The maximum atomic E-state index is 12.5. The number of anilines is 1. The molecule has 2 atom stereocenters. The summed E-state index contributed by atoms with van der Waals surface area (Å²) < 4.78 is 0. The van der Waals surface area contributed by atoms with Crippen LogP contribution in [0.3, 0.4) is 0 Å². The van der Waals surface area contributed by atoms with E-state index < -0.39 is 12.3 Å². The summed E-state index contributed by atoms with van der Waals surface area (Å²) in [6.07, 6.45) is 7.65. The monoisotopic (exact) mass is 377 g/mol. The fourth-order valence-corrected chi connectivity index (χ4v) is 4.28. The van der Waals surface area contributed by atoms with Crippen LogP contribution in [0.15, 0.2) is 18.5 Å². The molecule has 1 saturated heterocycles. The second kappa shape index (κ2) is 9.43. The van der Waals surface area contributed by atoms with E-state index in [4.69, 9.17) is 0 Å². The Morgan fingerprint density at radius 2 is 1.85 bits per heavy atom. The van der Waals surface area contributed by atoms with Gasteiger partial charge in [0.15, 0.2) is 0 Å². The second-order valence-corrected chi connectivity index (χ2v) is 7.64. The number of nitrogens with zero attached hydrogens (tertiary/aromatic N) is 3. The quantitative estimate of drug-likeness (QED) is 0.470. The number of hydrogen-bond acceptors (Lipinski definition) is 7. The number of piperidine rings is 1. The highest BCUT2D eigenvalue weighted by atomic mass is 16.3. The number of hydrogen-bond donors (Lipinski definition) is 4. The molecule has 0 bridgehead atoms. The van der Waals surface area contributed by atoms with Crippen LogP contribution in [0, 0.1) is 5.41 Å². The molecule has 1 aliphatic carbocycles. The summed E-state index contributed by atoms with van der Waals surface area (Å²) in [5.74, 6) is 0.325. The van der Waals surface area contributed by atoms with Crippen LogP contribution in [0.1, 0.15) is 44.9 Å². The number of unbranched alkanes of at least 4 members (excludes halogenated alkanes) is 1. The van der Waals surface area contributed by atoms with Crippen molar-refractivity contribution in [1.82, 2.24) is 20.2 Å². The first-order valence-electron chi connectivity index (χ1n) is 10.0. The SMILES string of the molecule is O=C1C(O)C2(CCCC2)CC(O)N1CCCCNCCNc1ncccn1. The van der Waals surface area contributed by atoms with Crippen LogP contribution in [-0.2, 0) is 4.79 Å². The van der Waals surface area contributed by atoms with Gasteiger partial charge in [-0.05, 0) is 38.3 Å². The Balaban J connectivity index is 1.29. The minimum absolute atomic E-state index is 0.296. The van der Waals surface area contributed by atoms with Crippen molar-refractivity contribution in [1.29, 1.82) is 0 Å². The van der Waals surface area contributed by atoms with Crippen molar-refractivity contribution in [3.05, 3.63) is 18.5 Å². The Morgan fingerprint density at radius 3 is 2.59 bits per heavy atom. The predicted molar refractivity (Wildman–Crippen MR) is 102 cm³/mol. The average molecular weight is 377 g/mol. The molecule has 1 spiro atoms. The summed E-state index contributed by atoms with van der Waals surface area (Å²) in [7, 11) is 0. The average Bonchev–Trinajstić information content (AvgIpc) is 3.14. The van der Waals surface area contributed by atoms with Gasteiger partial charge >= 0.3 is 0 Å². The van der Waals surface area contributed by atoms with Crippen LogP contribution in [0.5, 0.6) is 0 Å². The number of carbonyl (C=O) groups excluding carboxylic acids is 1. The number of likely N-dealkylation sites (tertiary alicyclic amines) is 1. The first-order valence-corrected chi connectivity index (χ1v) is 10.0. The highest BCUT2D eigenvalue weighted by Gasteiger charge is 2.51. The van der Waals surface area contributed by atoms with Crippen LogP contribution in [0.4, 0.5) is 5.95 Å². The lowest BCUT2D eigenvalue weighted by molar-refractivity contribution is -0.177. The molecule has 1 saturated carbocycles. The van der Waals surface area contributed by atoms with Gasteiger partial charge in [-0.3, -0.25) is 4.79 Å². The van der Waals surface area contributed by atoms with Crippen molar-refractivity contribution >= 4 is 11.9 Å². The summed E-state index contributed by atoms with van der Waals surface area (Å²) >= 11 is 0. The van der Waals surface area contributed by atoms with Crippen LogP contribution >= 0.6 is 0 Å². The lowest BCUT2D eigenvalue weighted by Crippen LogP contribution is -2.58. The summed E-state index contributed by atoms with van der Waals surface area (Å²) in [5.41, 5.74) is -0.385. The van der Waals surface area contributed by atoms with Gasteiger partial charge in [0.05, 0.1) is 0 Å². The largest absolute Gasteiger partial charge is 0.383 e. The highest BCUT2D eigenvalue weighted by molar-refractivity contribution is 5.82. The topological polar surface area (TPSA) is 111 Å². The Hall–Kier alpha value is -1.77. The van der Waals surface area contributed by atoms with Crippen molar-refractivity contribution in [2.24, 2.45) is 5.41 Å². The molecule has 1 amide bonds. The van der Waals surface area contributed by atoms with E-state index in [1.165, 1.54) is 4.90 Å². The van der Waals surface area contributed by atoms with Crippen molar-refractivity contribution < 1.29 is 15.0 Å². The molecule has 27 heavy (non-hydrogen) atoms. The molecule has 2 unspecified atom stereocenters. The summed E-state index contributed by atoms with van der Waals surface area (Å²) in [6.45, 7) is 2.86. The molecule has 4 N–H and O–H groups in total. The number of carbonyl (C=O) groups is 1. The lowest BCUT2D eigenvalue weighted by Gasteiger charge is -2.45. The molecule has 2 fully saturated rings. The van der Waals surface area contributed by atoms with E-state index in [1.54, 1.807) is 18.5 Å². The van der Waals surface area contributed by atoms with E-state index >= 15 is 0 Å². The summed E-state index contributed by atoms with van der Waals surface area (Å²) in [4.78, 5) is 22.2. The molecule has 8 nitrogen and oxygen atoms in total. The molecule has 1 aliphatic heterocycles. The molecule has 0 aromatic carbocycles. The van der Waals surface area contributed by atoms with Gasteiger partial charge in [0.1, 0.15) is 12.3 Å². The molecule has 1 aromatic heterocycles. The zero-order valence-electron chi connectivity index (χ0n) is 15.8. The van der Waals surface area contributed by atoms with Crippen LogP contribution in [0.2, 0.25) is 0 Å². The lowest BCUT2D eigenvalue weighted by atomic mass is 9.73. The Bertz CT molecular complexity index is 594. The first kappa shape index (κ1) is 20.0. The molecule has 2 aliphatic rings. The van der Waals surface area contributed by atoms with E-state index in [9.17, 15) is 15.0 Å². The smallest absolute Gasteiger partial charge is 0.254 e. The number of rotatable bonds is 9.